The molecule has 0 aromatic heterocycles. The van der Waals surface area contributed by atoms with Gasteiger partial charge in [0.1, 0.15) is 12.2 Å². The van der Waals surface area contributed by atoms with E-state index in [4.69, 9.17) is 13.9 Å². The average Bonchev–Trinajstić information content (AvgIpc) is 2.93. The van der Waals surface area contributed by atoms with Crippen molar-refractivity contribution in [2.24, 2.45) is 0 Å². The second-order valence-corrected chi connectivity index (χ2v) is 14.3. The first-order valence-electron chi connectivity index (χ1n) is 10.1. The minimum Gasteiger partial charge on any atom is -0.407 e. The largest absolute Gasteiger partial charge is 0.407 e. The van der Waals surface area contributed by atoms with Gasteiger partial charge in [-0.15, -0.1) is 6.58 Å². The van der Waals surface area contributed by atoms with Crippen molar-refractivity contribution in [3.8, 4) is 0 Å². The van der Waals surface area contributed by atoms with E-state index in [0.29, 0.717) is 12.8 Å². The summed E-state index contributed by atoms with van der Waals surface area (Å²) >= 11 is 0. The number of Topliss-reactive ketones (excluding diaryl/α,β-unsaturated/α-hetero) is 1. The van der Waals surface area contributed by atoms with Gasteiger partial charge in [0, 0.05) is 6.42 Å². The average molecular weight is 405 g/mol. The van der Waals surface area contributed by atoms with Crippen LogP contribution in [-0.2, 0) is 18.7 Å². The van der Waals surface area contributed by atoms with Gasteiger partial charge >= 0.3 is 0 Å². The van der Waals surface area contributed by atoms with E-state index < -0.39 is 26.3 Å². The molecule has 1 aliphatic rings. The van der Waals surface area contributed by atoms with Gasteiger partial charge in [-0.2, -0.15) is 0 Å². The van der Waals surface area contributed by atoms with Crippen molar-refractivity contribution < 1.29 is 18.7 Å². The van der Waals surface area contributed by atoms with Crippen molar-refractivity contribution in [1.82, 2.24) is 0 Å². The van der Waals surface area contributed by atoms with Crippen molar-refractivity contribution in [2.45, 2.75) is 89.7 Å². The topological polar surface area (TPSA) is 44.8 Å². The normalized spacial score (nSPS) is 23.4. The van der Waals surface area contributed by atoms with E-state index >= 15 is 0 Å². The van der Waals surface area contributed by atoms with E-state index in [1.807, 2.05) is 44.2 Å². The van der Waals surface area contributed by atoms with Gasteiger partial charge in [-0.05, 0) is 44.0 Å². The molecule has 4 nitrogen and oxygen atoms in total. The highest BCUT2D eigenvalue weighted by molar-refractivity contribution is 6.74. The summed E-state index contributed by atoms with van der Waals surface area (Å²) in [4.78, 5) is 12.9. The smallest absolute Gasteiger partial charge is 0.193 e. The maximum absolute atomic E-state index is 12.9. The van der Waals surface area contributed by atoms with Crippen LogP contribution in [-0.4, -0.2) is 32.1 Å². The zero-order chi connectivity index (χ0) is 21.2. The Labute approximate surface area is 171 Å². The number of carbonyl (C=O) groups is 1. The quantitative estimate of drug-likeness (QED) is 0.405. The summed E-state index contributed by atoms with van der Waals surface area (Å²) in [7, 11) is -2.12. The van der Waals surface area contributed by atoms with Gasteiger partial charge in [0.15, 0.2) is 19.9 Å². The first kappa shape index (κ1) is 23.0. The summed E-state index contributed by atoms with van der Waals surface area (Å²) in [5.74, 6) is -0.793. The molecule has 1 aliphatic heterocycles. The standard InChI is InChI=1S/C23H36O4Si/c1-9-10-16-18(24)20-21(26-23(5,6)25-20)19(17-14-12-11-13-15-17)27-28(7,8)22(2,3)4/h9,11-15,19-21H,1,10,16H2,2-8H3/t19-,20+,21+/m0/s1. The van der Waals surface area contributed by atoms with E-state index in [2.05, 4.69) is 40.4 Å². The Morgan fingerprint density at radius 3 is 2.39 bits per heavy atom. The van der Waals surface area contributed by atoms with Gasteiger partial charge < -0.3 is 13.9 Å². The van der Waals surface area contributed by atoms with Crippen molar-refractivity contribution >= 4 is 14.1 Å². The molecule has 1 saturated heterocycles. The number of ketones is 1. The number of benzene rings is 1. The third-order valence-electron chi connectivity index (χ3n) is 5.70. The van der Waals surface area contributed by atoms with Crippen molar-refractivity contribution in [3.05, 3.63) is 48.6 Å². The molecule has 0 bridgehead atoms. The summed E-state index contributed by atoms with van der Waals surface area (Å²) in [6.45, 7) is 18.5. The van der Waals surface area contributed by atoms with Crippen LogP contribution in [0.4, 0.5) is 0 Å². The summed E-state index contributed by atoms with van der Waals surface area (Å²) in [5, 5.41) is 0.0390. The molecule has 28 heavy (non-hydrogen) atoms. The molecule has 2 rings (SSSR count). The molecule has 1 fully saturated rings. The number of hydrogen-bond donors (Lipinski definition) is 0. The minimum atomic E-state index is -2.12. The number of allylic oxidation sites excluding steroid dienone is 1. The Bertz CT molecular complexity index is 676. The molecular weight excluding hydrogens is 368 g/mol. The third-order valence-corrected chi connectivity index (χ3v) is 10.2. The van der Waals surface area contributed by atoms with E-state index in [-0.39, 0.29) is 16.9 Å². The Morgan fingerprint density at radius 2 is 1.86 bits per heavy atom. The number of ether oxygens (including phenoxy) is 2. The highest BCUT2D eigenvalue weighted by atomic mass is 28.4. The van der Waals surface area contributed by atoms with E-state index in [0.717, 1.165) is 5.56 Å². The van der Waals surface area contributed by atoms with Crippen molar-refractivity contribution in [2.75, 3.05) is 0 Å². The Morgan fingerprint density at radius 1 is 1.25 bits per heavy atom. The first-order chi connectivity index (χ1) is 12.9. The molecule has 0 N–H and O–H groups in total. The molecule has 5 heteroatoms. The monoisotopic (exact) mass is 404 g/mol. The van der Waals surface area contributed by atoms with Gasteiger partial charge in [0.25, 0.3) is 0 Å². The molecule has 0 spiro atoms. The molecule has 1 aromatic rings. The maximum atomic E-state index is 12.9. The predicted octanol–water partition coefficient (Wildman–Crippen LogP) is 5.80. The third kappa shape index (κ3) is 5.41. The summed E-state index contributed by atoms with van der Waals surface area (Å²) in [5.41, 5.74) is 1.01. The van der Waals surface area contributed by atoms with Gasteiger partial charge in [0.05, 0.1) is 6.10 Å². The first-order valence-corrected chi connectivity index (χ1v) is 13.0. The Hall–Kier alpha value is -1.27. The molecule has 1 heterocycles. The zero-order valence-corrected chi connectivity index (χ0v) is 19.5. The summed E-state index contributed by atoms with van der Waals surface area (Å²) in [6, 6.07) is 10.0. The van der Waals surface area contributed by atoms with E-state index in [9.17, 15) is 4.79 Å². The van der Waals surface area contributed by atoms with Crippen molar-refractivity contribution in [3.63, 3.8) is 0 Å². The molecule has 3 atom stereocenters. The molecule has 1 aromatic carbocycles. The summed E-state index contributed by atoms with van der Waals surface area (Å²) in [6.07, 6.45) is 1.29. The lowest BCUT2D eigenvalue weighted by Gasteiger charge is -2.41. The number of hydrogen-bond acceptors (Lipinski definition) is 4. The molecular formula is C23H36O4Si. The van der Waals surface area contributed by atoms with Crippen LogP contribution in [0.15, 0.2) is 43.0 Å². The van der Waals surface area contributed by atoms with Crippen molar-refractivity contribution in [1.29, 1.82) is 0 Å². The van der Waals surface area contributed by atoms with E-state index in [1.165, 1.54) is 0 Å². The Kier molecular flexibility index (Phi) is 7.08. The number of rotatable bonds is 8. The van der Waals surface area contributed by atoms with Crippen LogP contribution in [0.3, 0.4) is 0 Å². The minimum absolute atomic E-state index is 0.0373. The van der Waals surface area contributed by atoms with Gasteiger partial charge in [-0.25, -0.2) is 0 Å². The molecule has 0 unspecified atom stereocenters. The lowest BCUT2D eigenvalue weighted by molar-refractivity contribution is -0.159. The fraction of sp³-hybridized carbons (Fsp3) is 0.609. The second kappa shape index (κ2) is 8.62. The van der Waals surface area contributed by atoms with E-state index in [1.54, 1.807) is 6.08 Å². The molecule has 0 radical (unpaired) electrons. The molecule has 156 valence electrons. The van der Waals surface area contributed by atoms with Gasteiger partial charge in [-0.1, -0.05) is 57.2 Å². The lowest BCUT2D eigenvalue weighted by atomic mass is 9.96. The van der Waals surface area contributed by atoms with Crippen LogP contribution >= 0.6 is 0 Å². The molecule has 0 aliphatic carbocycles. The predicted molar refractivity (Wildman–Crippen MR) is 116 cm³/mol. The second-order valence-electron chi connectivity index (χ2n) is 9.52. The summed E-state index contributed by atoms with van der Waals surface area (Å²) < 4.78 is 19.1. The Balaban J connectivity index is 2.42. The highest BCUT2D eigenvalue weighted by Gasteiger charge is 2.51. The molecule has 0 amide bonds. The van der Waals surface area contributed by atoms with Crippen LogP contribution in [0.2, 0.25) is 18.1 Å². The van der Waals surface area contributed by atoms with Crippen LogP contribution < -0.4 is 0 Å². The van der Waals surface area contributed by atoms with Gasteiger partial charge in [-0.3, -0.25) is 4.79 Å². The highest BCUT2D eigenvalue weighted by Crippen LogP contribution is 2.44. The van der Waals surface area contributed by atoms with Crippen LogP contribution in [0.1, 0.15) is 59.1 Å². The zero-order valence-electron chi connectivity index (χ0n) is 18.5. The SMILES string of the molecule is C=CCCC(=O)[C@H]1OC(C)(C)O[C@@H]1[C@@H](O[Si](C)(C)C(C)(C)C)c1ccccc1. The number of carbonyl (C=O) groups excluding carboxylic acids is 1. The van der Waals surface area contributed by atoms with Crippen LogP contribution in [0.5, 0.6) is 0 Å². The maximum Gasteiger partial charge on any atom is 0.193 e. The fourth-order valence-electron chi connectivity index (χ4n) is 3.11. The molecule has 0 saturated carbocycles. The van der Waals surface area contributed by atoms with Gasteiger partial charge in [0.2, 0.25) is 0 Å². The van der Waals surface area contributed by atoms with Crippen LogP contribution in [0, 0.1) is 0 Å². The lowest BCUT2D eigenvalue weighted by Crippen LogP contribution is -2.46. The van der Waals surface area contributed by atoms with Crippen LogP contribution in [0.25, 0.3) is 0 Å². The fourth-order valence-corrected chi connectivity index (χ4v) is 4.37.